The van der Waals surface area contributed by atoms with E-state index in [2.05, 4.69) is 30.2 Å². The van der Waals surface area contributed by atoms with Crippen LogP contribution < -0.4 is 0 Å². The Balaban J connectivity index is 2.85. The van der Waals surface area contributed by atoms with Crippen molar-refractivity contribution in [2.45, 2.75) is 20.3 Å². The van der Waals surface area contributed by atoms with E-state index in [0.29, 0.717) is 0 Å². The fourth-order valence-corrected chi connectivity index (χ4v) is 1.03. The van der Waals surface area contributed by atoms with Gasteiger partial charge in [0.2, 0.25) is 0 Å². The lowest BCUT2D eigenvalue weighted by atomic mass is 10.3. The first kappa shape index (κ1) is 8.05. The first-order valence-electron chi connectivity index (χ1n) is 3.91. The molecule has 0 saturated carbocycles. The van der Waals surface area contributed by atoms with E-state index >= 15 is 0 Å². The van der Waals surface area contributed by atoms with E-state index in [1.807, 2.05) is 18.7 Å². The van der Waals surface area contributed by atoms with Crippen molar-refractivity contribution >= 4 is 6.08 Å². The van der Waals surface area contributed by atoms with Crippen molar-refractivity contribution in [3.8, 4) is 0 Å². The van der Waals surface area contributed by atoms with Crippen molar-refractivity contribution in [3.63, 3.8) is 0 Å². The average molecular weight is 150 g/mol. The highest BCUT2D eigenvalue weighted by Gasteiger charge is 1.95. The van der Waals surface area contributed by atoms with Gasteiger partial charge < -0.3 is 0 Å². The van der Waals surface area contributed by atoms with Crippen LogP contribution >= 0.6 is 0 Å². The first-order chi connectivity index (χ1) is 5.24. The molecule has 0 fully saturated rings. The van der Waals surface area contributed by atoms with E-state index in [0.717, 1.165) is 12.1 Å². The molecule has 0 spiro atoms. The van der Waals surface area contributed by atoms with Crippen LogP contribution in [0.4, 0.5) is 0 Å². The average Bonchev–Trinajstić information content (AvgIpc) is 2.26. The number of rotatable bonds is 2. The Bertz CT molecular complexity index is 259. The van der Waals surface area contributed by atoms with Gasteiger partial charge in [0, 0.05) is 7.05 Å². The van der Waals surface area contributed by atoms with Crippen LogP contribution in [-0.4, -0.2) is 9.78 Å². The molecule has 1 heterocycles. The van der Waals surface area contributed by atoms with Gasteiger partial charge in [-0.15, -0.1) is 0 Å². The number of aryl methyl sites for hydroxylation is 2. The lowest BCUT2D eigenvalue weighted by Gasteiger charge is -1.91. The number of nitrogens with zero attached hydrogens (tertiary/aromatic N) is 2. The molecular formula is C9H14N2. The minimum atomic E-state index is 1.07. The summed E-state index contributed by atoms with van der Waals surface area (Å²) < 4.78 is 1.89. The molecule has 0 aliphatic rings. The molecule has 2 nitrogen and oxygen atoms in total. The largest absolute Gasteiger partial charge is 0.268 e. The van der Waals surface area contributed by atoms with Gasteiger partial charge in [0.15, 0.2) is 0 Å². The molecular weight excluding hydrogens is 136 g/mol. The fraction of sp³-hybridized carbons (Fsp3) is 0.444. The maximum atomic E-state index is 4.23. The molecule has 0 amide bonds. The van der Waals surface area contributed by atoms with Gasteiger partial charge in [-0.2, -0.15) is 5.10 Å². The van der Waals surface area contributed by atoms with Crippen LogP contribution in [0.3, 0.4) is 0 Å². The number of hydrogen-bond acceptors (Lipinski definition) is 1. The zero-order valence-corrected chi connectivity index (χ0v) is 7.33. The zero-order valence-electron chi connectivity index (χ0n) is 7.33. The number of hydrogen-bond donors (Lipinski definition) is 0. The molecule has 11 heavy (non-hydrogen) atoms. The maximum Gasteiger partial charge on any atom is 0.0606 e. The van der Waals surface area contributed by atoms with Gasteiger partial charge in [0.25, 0.3) is 0 Å². The third-order valence-corrected chi connectivity index (χ3v) is 1.56. The van der Waals surface area contributed by atoms with Gasteiger partial charge in [-0.25, -0.2) is 0 Å². The zero-order chi connectivity index (χ0) is 8.27. The van der Waals surface area contributed by atoms with Crippen LogP contribution in [0.1, 0.15) is 24.7 Å². The van der Waals surface area contributed by atoms with Gasteiger partial charge in [0.1, 0.15) is 0 Å². The summed E-state index contributed by atoms with van der Waals surface area (Å²) in [5.74, 6) is 0. The summed E-state index contributed by atoms with van der Waals surface area (Å²) in [6, 6.07) is 2.08. The van der Waals surface area contributed by atoms with Gasteiger partial charge in [-0.3, -0.25) is 4.68 Å². The van der Waals surface area contributed by atoms with Crippen molar-refractivity contribution < 1.29 is 0 Å². The Morgan fingerprint density at radius 1 is 1.64 bits per heavy atom. The minimum Gasteiger partial charge on any atom is -0.268 e. The van der Waals surface area contributed by atoms with Crippen LogP contribution in [0, 0.1) is 6.92 Å². The van der Waals surface area contributed by atoms with E-state index in [4.69, 9.17) is 0 Å². The van der Waals surface area contributed by atoms with Crippen molar-refractivity contribution in [2.24, 2.45) is 7.05 Å². The van der Waals surface area contributed by atoms with Crippen LogP contribution in [-0.2, 0) is 7.05 Å². The highest BCUT2D eigenvalue weighted by molar-refractivity contribution is 5.45. The minimum absolute atomic E-state index is 1.07. The van der Waals surface area contributed by atoms with Crippen molar-refractivity contribution in [3.05, 3.63) is 23.5 Å². The Kier molecular flexibility index (Phi) is 2.47. The second-order valence-electron chi connectivity index (χ2n) is 2.64. The third kappa shape index (κ3) is 1.93. The van der Waals surface area contributed by atoms with Crippen molar-refractivity contribution in [2.75, 3.05) is 0 Å². The summed E-state index contributed by atoms with van der Waals surface area (Å²) in [6.45, 7) is 4.13. The molecule has 0 saturated heterocycles. The van der Waals surface area contributed by atoms with E-state index in [1.165, 1.54) is 5.69 Å². The van der Waals surface area contributed by atoms with Gasteiger partial charge >= 0.3 is 0 Å². The molecule has 0 atom stereocenters. The Morgan fingerprint density at radius 3 is 2.82 bits per heavy atom. The summed E-state index contributed by atoms with van der Waals surface area (Å²) in [4.78, 5) is 0. The number of aromatic nitrogens is 2. The lowest BCUT2D eigenvalue weighted by molar-refractivity contribution is 0.749. The quantitative estimate of drug-likeness (QED) is 0.631. The van der Waals surface area contributed by atoms with E-state index in [1.54, 1.807) is 0 Å². The van der Waals surface area contributed by atoms with Crippen molar-refractivity contribution in [1.82, 2.24) is 9.78 Å². The topological polar surface area (TPSA) is 17.8 Å². The van der Waals surface area contributed by atoms with E-state index in [9.17, 15) is 0 Å². The smallest absolute Gasteiger partial charge is 0.0606 e. The second-order valence-corrected chi connectivity index (χ2v) is 2.64. The van der Waals surface area contributed by atoms with E-state index in [-0.39, 0.29) is 0 Å². The summed E-state index contributed by atoms with van der Waals surface area (Å²) in [7, 11) is 1.96. The molecule has 0 unspecified atom stereocenters. The summed E-state index contributed by atoms with van der Waals surface area (Å²) >= 11 is 0. The molecule has 1 rings (SSSR count). The fourth-order valence-electron chi connectivity index (χ4n) is 1.03. The molecule has 0 aliphatic heterocycles. The normalized spacial score (nSPS) is 11.2. The third-order valence-electron chi connectivity index (χ3n) is 1.56. The highest BCUT2D eigenvalue weighted by Crippen LogP contribution is 2.03. The monoisotopic (exact) mass is 150 g/mol. The number of allylic oxidation sites excluding steroid dienone is 1. The predicted molar refractivity (Wildman–Crippen MR) is 47.3 cm³/mol. The van der Waals surface area contributed by atoms with Gasteiger partial charge in [-0.05, 0) is 25.5 Å². The molecule has 0 aromatic carbocycles. The van der Waals surface area contributed by atoms with Gasteiger partial charge in [-0.1, -0.05) is 13.0 Å². The van der Waals surface area contributed by atoms with Crippen LogP contribution in [0.15, 0.2) is 12.1 Å². The van der Waals surface area contributed by atoms with E-state index < -0.39 is 0 Å². The molecule has 60 valence electrons. The first-order valence-corrected chi connectivity index (χ1v) is 3.91. The Hall–Kier alpha value is -1.05. The molecule has 0 radical (unpaired) electrons. The summed E-state index contributed by atoms with van der Waals surface area (Å²) in [5, 5.41) is 4.23. The van der Waals surface area contributed by atoms with Crippen LogP contribution in [0.2, 0.25) is 0 Å². The van der Waals surface area contributed by atoms with Crippen LogP contribution in [0.5, 0.6) is 0 Å². The van der Waals surface area contributed by atoms with Gasteiger partial charge in [0.05, 0.1) is 11.4 Å². The maximum absolute atomic E-state index is 4.23. The summed E-state index contributed by atoms with van der Waals surface area (Å²) in [6.07, 6.45) is 5.31. The molecule has 0 bridgehead atoms. The second kappa shape index (κ2) is 3.37. The predicted octanol–water partition coefficient (Wildman–Crippen LogP) is 2.15. The molecule has 1 aromatic rings. The summed E-state index contributed by atoms with van der Waals surface area (Å²) in [5.41, 5.74) is 2.24. The Labute approximate surface area is 67.5 Å². The highest BCUT2D eigenvalue weighted by atomic mass is 15.3. The van der Waals surface area contributed by atoms with Crippen molar-refractivity contribution in [1.29, 1.82) is 0 Å². The molecule has 2 heteroatoms. The van der Waals surface area contributed by atoms with Crippen LogP contribution in [0.25, 0.3) is 6.08 Å². The molecule has 0 N–H and O–H groups in total. The standard InChI is InChI=1S/C9H14N2/c1-4-5-6-9-7-8(2)10-11(9)3/h5-7H,4H2,1-3H3/b6-5-. The molecule has 0 aliphatic carbocycles. The lowest BCUT2D eigenvalue weighted by Crippen LogP contribution is -1.92. The molecule has 1 aromatic heterocycles. The Morgan fingerprint density at radius 2 is 2.36 bits per heavy atom. The SMILES string of the molecule is CC/C=C\c1cc(C)nn1C.